The number of hydrogen-bond acceptors (Lipinski definition) is 4. The summed E-state index contributed by atoms with van der Waals surface area (Å²) in [4.78, 5) is 12.0. The van der Waals surface area contributed by atoms with E-state index in [1.807, 2.05) is 12.1 Å². The zero-order valence-corrected chi connectivity index (χ0v) is 31.9. The van der Waals surface area contributed by atoms with Gasteiger partial charge >= 0.3 is 19.5 Å². The van der Waals surface area contributed by atoms with Crippen LogP contribution in [-0.4, -0.2) is 0 Å². The average molecular weight is 662 g/mol. The van der Waals surface area contributed by atoms with Crippen molar-refractivity contribution in [2.45, 2.75) is 181 Å². The number of aryl methyl sites for hydroxylation is 2. The third-order valence-electron chi connectivity index (χ3n) is 7.88. The Bertz CT molecular complexity index is 638. The molecule has 0 amide bonds. The van der Waals surface area contributed by atoms with Crippen LogP contribution in [0.15, 0.2) is 18.2 Å². The second-order valence-electron chi connectivity index (χ2n) is 11.8. The largest absolute Gasteiger partial charge is 2.00 e. The number of rotatable bonds is 28. The Kier molecular flexibility index (Phi) is 29.0. The van der Waals surface area contributed by atoms with E-state index in [0.29, 0.717) is 5.75 Å². The van der Waals surface area contributed by atoms with E-state index in [1.54, 1.807) is 0 Å². The smallest absolute Gasteiger partial charge is 0.682 e. The Balaban J connectivity index is 0.0000152. The average Bonchev–Trinajstić information content (AvgIpc) is 2.89. The summed E-state index contributed by atoms with van der Waals surface area (Å²) in [6.45, 7) is 4.56. The molecule has 228 valence electrons. The first-order chi connectivity index (χ1) is 18.9. The normalized spacial score (nSPS) is 11.5. The second kappa shape index (κ2) is 28.5. The molecule has 1 aromatic carbocycles. The van der Waals surface area contributed by atoms with Gasteiger partial charge in [0.25, 0.3) is 0 Å². The van der Waals surface area contributed by atoms with Crippen LogP contribution in [0.25, 0.3) is 0 Å². The Morgan fingerprint density at radius 3 is 1.05 bits per heavy atom. The predicted octanol–water partition coefficient (Wildman–Crippen LogP) is 11.7. The van der Waals surface area contributed by atoms with Crippen molar-refractivity contribution in [3.8, 4) is 5.75 Å². The van der Waals surface area contributed by atoms with Gasteiger partial charge in [-0.05, 0) is 48.9 Å². The van der Waals surface area contributed by atoms with E-state index in [2.05, 4.69) is 19.9 Å². The van der Waals surface area contributed by atoms with Crippen LogP contribution in [0.3, 0.4) is 0 Å². The van der Waals surface area contributed by atoms with Crippen molar-refractivity contribution in [1.82, 2.24) is 0 Å². The van der Waals surface area contributed by atoms with E-state index in [1.165, 1.54) is 165 Å². The summed E-state index contributed by atoms with van der Waals surface area (Å²) in [6, 6.07) is 6.34. The molecule has 40 heavy (non-hydrogen) atoms. The van der Waals surface area contributed by atoms with Crippen molar-refractivity contribution in [1.29, 1.82) is 0 Å². The van der Waals surface area contributed by atoms with E-state index in [0.717, 1.165) is 12.8 Å². The zero-order chi connectivity index (χ0) is 28.4. The van der Waals surface area contributed by atoms with Crippen molar-refractivity contribution in [3.63, 3.8) is 0 Å². The predicted molar refractivity (Wildman–Crippen MR) is 178 cm³/mol. The number of hydrogen-bond donors (Lipinski definition) is 0. The van der Waals surface area contributed by atoms with Gasteiger partial charge in [0.15, 0.2) is 5.75 Å². The van der Waals surface area contributed by atoms with Gasteiger partial charge in [0, 0.05) is 0 Å². The summed E-state index contributed by atoms with van der Waals surface area (Å²) < 4.78 is 5.49. The first kappa shape index (κ1) is 40.7. The maximum Gasteiger partial charge on any atom is 2.00 e. The van der Waals surface area contributed by atoms with Crippen LogP contribution in [0.5, 0.6) is 5.75 Å². The molecule has 0 aliphatic rings. The summed E-state index contributed by atoms with van der Waals surface area (Å²) in [7, 11) is 0. The van der Waals surface area contributed by atoms with Gasteiger partial charge in [-0.3, -0.25) is 0 Å². The molecule has 0 fully saturated rings. The van der Waals surface area contributed by atoms with E-state index in [-0.39, 0.29) is 19.5 Å². The van der Waals surface area contributed by atoms with Gasteiger partial charge in [-0.25, -0.2) is 0 Å². The third-order valence-corrected chi connectivity index (χ3v) is 8.76. The molecule has 1 aromatic rings. The van der Waals surface area contributed by atoms with Crippen LogP contribution < -0.4 is 9.42 Å². The molecule has 6 heteroatoms. The molecular formula is C34H61O2PS2Zn. The van der Waals surface area contributed by atoms with Gasteiger partial charge < -0.3 is 33.9 Å². The van der Waals surface area contributed by atoms with Crippen LogP contribution in [0.2, 0.25) is 0 Å². The molecule has 2 nitrogen and oxygen atoms in total. The van der Waals surface area contributed by atoms with E-state index < -0.39 is 6.12 Å². The molecule has 0 N–H and O–H groups in total. The van der Waals surface area contributed by atoms with Crippen molar-refractivity contribution in [2.24, 2.45) is 0 Å². The van der Waals surface area contributed by atoms with Gasteiger partial charge in [0.2, 0.25) is 0 Å². The molecule has 0 aliphatic heterocycles. The van der Waals surface area contributed by atoms with Gasteiger partial charge in [-0.1, -0.05) is 161 Å². The fraction of sp³-hybridized carbons (Fsp3) is 0.824. The maximum absolute atomic E-state index is 12.0. The Morgan fingerprint density at radius 2 is 0.775 bits per heavy atom. The molecule has 0 heterocycles. The van der Waals surface area contributed by atoms with Crippen molar-refractivity contribution in [2.75, 3.05) is 0 Å². The minimum absolute atomic E-state index is 0. The van der Waals surface area contributed by atoms with Crippen molar-refractivity contribution < 1.29 is 28.9 Å². The minimum Gasteiger partial charge on any atom is -0.682 e. The van der Waals surface area contributed by atoms with Gasteiger partial charge in [-0.2, -0.15) is 0 Å². The van der Waals surface area contributed by atoms with E-state index in [9.17, 15) is 4.89 Å². The third kappa shape index (κ3) is 26.4. The molecule has 0 saturated carbocycles. The summed E-state index contributed by atoms with van der Waals surface area (Å²) in [5.74, 6) is 0.605. The van der Waals surface area contributed by atoms with Crippen LogP contribution in [0.4, 0.5) is 0 Å². The first-order valence-corrected chi connectivity index (χ1v) is 20.4. The monoisotopic (exact) mass is 660 g/mol. The number of unbranched alkanes of at least 4 members (excludes halogenated alkanes) is 22. The zero-order valence-electron chi connectivity index (χ0n) is 26.4. The Morgan fingerprint density at radius 1 is 0.500 bits per heavy atom. The Hall–Kier alpha value is 0.733. The number of benzene rings is 1. The van der Waals surface area contributed by atoms with Gasteiger partial charge in [0.05, 0.1) is 0 Å². The quantitative estimate of drug-likeness (QED) is 0.0387. The van der Waals surface area contributed by atoms with Crippen LogP contribution >= 0.6 is 6.12 Å². The summed E-state index contributed by atoms with van der Waals surface area (Å²) >= 11 is 9.77. The molecule has 0 aliphatic carbocycles. The second-order valence-corrected chi connectivity index (χ2v) is 16.5. The maximum atomic E-state index is 12.0. The first-order valence-electron chi connectivity index (χ1n) is 16.8. The molecule has 0 bridgehead atoms. The topological polar surface area (TPSA) is 32.3 Å². The van der Waals surface area contributed by atoms with E-state index >= 15 is 0 Å². The van der Waals surface area contributed by atoms with Crippen LogP contribution in [0.1, 0.15) is 179 Å². The molecule has 0 atom stereocenters. The van der Waals surface area contributed by atoms with Crippen molar-refractivity contribution >= 4 is 30.6 Å². The molecule has 0 unspecified atom stereocenters. The van der Waals surface area contributed by atoms with E-state index in [4.69, 9.17) is 29.0 Å². The van der Waals surface area contributed by atoms with Crippen LogP contribution in [-0.2, 0) is 56.8 Å². The van der Waals surface area contributed by atoms with Crippen LogP contribution in [0, 0.1) is 0 Å². The SMILES string of the molecule is CCCCCCCCCCCCCCc1cc(CCCCCCCCCCCCCC)cc(O[P+]([O-])([S-])[S-])c1.[Zn+2]. The minimum atomic E-state index is -3.38. The summed E-state index contributed by atoms with van der Waals surface area (Å²) in [5.41, 5.74) is 2.54. The summed E-state index contributed by atoms with van der Waals surface area (Å²) in [6.07, 6.45) is 31.4. The molecular weight excluding hydrogens is 601 g/mol. The molecule has 0 radical (unpaired) electrons. The molecule has 1 rings (SSSR count). The fourth-order valence-corrected chi connectivity index (χ4v) is 6.42. The molecule has 0 saturated heterocycles. The van der Waals surface area contributed by atoms with Gasteiger partial charge in [-0.15, -0.1) is 6.12 Å². The Labute approximate surface area is 274 Å². The van der Waals surface area contributed by atoms with Gasteiger partial charge in [0.1, 0.15) is 0 Å². The standard InChI is InChI=1S/C34H63O2PS2.Zn/c1-3-5-7-9-11-13-15-17-19-21-23-25-27-32-29-33(31-34(30-32)36-37(35,38)39)28-26-24-22-20-18-16-14-12-10-8-6-4-2;/h29-31H,3-28H2,1-2H3,(H2,35,38,39);/q;+2/p-2. The summed E-state index contributed by atoms with van der Waals surface area (Å²) in [5, 5.41) is 0. The fourth-order valence-electron chi connectivity index (χ4n) is 5.54. The molecule has 0 spiro atoms. The van der Waals surface area contributed by atoms with Crippen molar-refractivity contribution in [3.05, 3.63) is 29.3 Å². The molecule has 0 aromatic heterocycles.